The van der Waals surface area contributed by atoms with Crippen LogP contribution in [0.4, 0.5) is 0 Å². The van der Waals surface area contributed by atoms with E-state index in [-0.39, 0.29) is 0 Å². The second-order valence-electron chi connectivity index (χ2n) is 5.84. The minimum absolute atomic E-state index is 0.337. The maximum Gasteiger partial charge on any atom is 0.164 e. The third-order valence-electron chi connectivity index (χ3n) is 4.15. The molecule has 1 aliphatic carbocycles. The lowest BCUT2D eigenvalue weighted by Gasteiger charge is -2.21. The van der Waals surface area contributed by atoms with Gasteiger partial charge in [0.25, 0.3) is 0 Å². The molecule has 112 valence electrons. The molecule has 1 heterocycles. The van der Waals surface area contributed by atoms with E-state index in [9.17, 15) is 4.79 Å². The Labute approximate surface area is 123 Å². The molecule has 0 aromatic carbocycles. The Kier molecular flexibility index (Phi) is 5.84. The van der Waals surface area contributed by atoms with Crippen molar-refractivity contribution in [3.63, 3.8) is 0 Å². The van der Waals surface area contributed by atoms with Gasteiger partial charge in [0, 0.05) is 30.4 Å². The van der Waals surface area contributed by atoms with E-state index in [2.05, 4.69) is 29.5 Å². The van der Waals surface area contributed by atoms with E-state index in [4.69, 9.17) is 0 Å². The Bertz CT molecular complexity index is 430. The third kappa shape index (κ3) is 3.72. The molecule has 0 saturated heterocycles. The highest BCUT2D eigenvalue weighted by Crippen LogP contribution is 2.22. The fourth-order valence-corrected chi connectivity index (χ4v) is 3.23. The summed E-state index contributed by atoms with van der Waals surface area (Å²) in [5.41, 5.74) is 2.26. The second-order valence-corrected chi connectivity index (χ2v) is 5.84. The van der Waals surface area contributed by atoms with E-state index < -0.39 is 0 Å². The molecule has 0 spiro atoms. The lowest BCUT2D eigenvalue weighted by molar-refractivity contribution is 0.0971. The SMILES string of the molecule is CCCN(CCC)CCCn1ccc2c1CCCC2=O. The van der Waals surface area contributed by atoms with Crippen LogP contribution in [-0.2, 0) is 13.0 Å². The molecule has 0 saturated carbocycles. The van der Waals surface area contributed by atoms with Gasteiger partial charge in [-0.3, -0.25) is 4.79 Å². The van der Waals surface area contributed by atoms with Crippen molar-refractivity contribution < 1.29 is 4.79 Å². The minimum atomic E-state index is 0.337. The zero-order valence-corrected chi connectivity index (χ0v) is 13.0. The van der Waals surface area contributed by atoms with Gasteiger partial charge in [0.05, 0.1) is 0 Å². The quantitative estimate of drug-likeness (QED) is 0.726. The molecule has 3 heteroatoms. The average Bonchev–Trinajstić information content (AvgIpc) is 2.84. The summed E-state index contributed by atoms with van der Waals surface area (Å²) in [6, 6.07) is 2.02. The van der Waals surface area contributed by atoms with E-state index in [1.165, 1.54) is 44.6 Å². The number of rotatable bonds is 8. The molecule has 0 bridgehead atoms. The molecular formula is C17H28N2O. The van der Waals surface area contributed by atoms with Gasteiger partial charge in [-0.25, -0.2) is 0 Å². The van der Waals surface area contributed by atoms with Gasteiger partial charge in [-0.05, 0) is 57.8 Å². The van der Waals surface area contributed by atoms with Crippen LogP contribution in [0, 0.1) is 0 Å². The Morgan fingerprint density at radius 3 is 2.60 bits per heavy atom. The van der Waals surface area contributed by atoms with Crippen molar-refractivity contribution >= 4 is 5.78 Å². The molecule has 0 atom stereocenters. The van der Waals surface area contributed by atoms with Crippen LogP contribution < -0.4 is 0 Å². The average molecular weight is 276 g/mol. The van der Waals surface area contributed by atoms with E-state index in [1.54, 1.807) is 0 Å². The van der Waals surface area contributed by atoms with Gasteiger partial charge in [0.2, 0.25) is 0 Å². The summed E-state index contributed by atoms with van der Waals surface area (Å²) in [5.74, 6) is 0.337. The van der Waals surface area contributed by atoms with Crippen molar-refractivity contribution in [2.75, 3.05) is 19.6 Å². The zero-order chi connectivity index (χ0) is 14.4. The summed E-state index contributed by atoms with van der Waals surface area (Å²) in [6.07, 6.45) is 8.57. The molecule has 0 amide bonds. The minimum Gasteiger partial charge on any atom is -0.351 e. The van der Waals surface area contributed by atoms with Crippen molar-refractivity contribution in [1.82, 2.24) is 9.47 Å². The van der Waals surface area contributed by atoms with Crippen LogP contribution in [-0.4, -0.2) is 34.9 Å². The van der Waals surface area contributed by atoms with Gasteiger partial charge in [-0.2, -0.15) is 0 Å². The summed E-state index contributed by atoms with van der Waals surface area (Å²) in [4.78, 5) is 14.4. The number of aromatic nitrogens is 1. The lowest BCUT2D eigenvalue weighted by Crippen LogP contribution is -2.27. The monoisotopic (exact) mass is 276 g/mol. The number of aryl methyl sites for hydroxylation is 1. The van der Waals surface area contributed by atoms with Crippen LogP contribution in [0.3, 0.4) is 0 Å². The third-order valence-corrected chi connectivity index (χ3v) is 4.15. The van der Waals surface area contributed by atoms with Gasteiger partial charge in [0.1, 0.15) is 0 Å². The number of fused-ring (bicyclic) bond motifs is 1. The number of hydrogen-bond acceptors (Lipinski definition) is 2. The highest BCUT2D eigenvalue weighted by Gasteiger charge is 2.20. The lowest BCUT2D eigenvalue weighted by atomic mass is 9.97. The molecular weight excluding hydrogens is 248 g/mol. The van der Waals surface area contributed by atoms with Crippen molar-refractivity contribution in [3.8, 4) is 0 Å². The van der Waals surface area contributed by atoms with Crippen LogP contribution in [0.1, 0.15) is 62.0 Å². The number of hydrogen-bond donors (Lipinski definition) is 0. The van der Waals surface area contributed by atoms with Crippen molar-refractivity contribution in [3.05, 3.63) is 23.5 Å². The molecule has 0 unspecified atom stereocenters. The standard InChI is InChI=1S/C17H28N2O/c1-3-10-18(11-4-2)12-6-13-19-14-9-15-16(19)7-5-8-17(15)20/h9,14H,3-8,10-13H2,1-2H3. The highest BCUT2D eigenvalue weighted by molar-refractivity contribution is 5.98. The normalized spacial score (nSPS) is 14.8. The first-order valence-corrected chi connectivity index (χ1v) is 8.19. The first-order chi connectivity index (χ1) is 9.76. The van der Waals surface area contributed by atoms with E-state index >= 15 is 0 Å². The van der Waals surface area contributed by atoms with Gasteiger partial charge in [-0.1, -0.05) is 13.8 Å². The van der Waals surface area contributed by atoms with Gasteiger partial charge in [-0.15, -0.1) is 0 Å². The smallest absolute Gasteiger partial charge is 0.164 e. The number of carbonyl (C=O) groups is 1. The highest BCUT2D eigenvalue weighted by atomic mass is 16.1. The first-order valence-electron chi connectivity index (χ1n) is 8.19. The Hall–Kier alpha value is -1.09. The van der Waals surface area contributed by atoms with E-state index in [0.717, 1.165) is 31.4 Å². The molecule has 0 N–H and O–H groups in total. The maximum absolute atomic E-state index is 11.8. The van der Waals surface area contributed by atoms with Gasteiger partial charge in [0.15, 0.2) is 5.78 Å². The predicted molar refractivity (Wildman–Crippen MR) is 83.3 cm³/mol. The summed E-state index contributed by atoms with van der Waals surface area (Å²) in [5, 5.41) is 0. The number of ketones is 1. The summed E-state index contributed by atoms with van der Waals surface area (Å²) >= 11 is 0. The largest absolute Gasteiger partial charge is 0.351 e. The fourth-order valence-electron chi connectivity index (χ4n) is 3.23. The summed E-state index contributed by atoms with van der Waals surface area (Å²) in [6.45, 7) is 9.12. The van der Waals surface area contributed by atoms with Crippen LogP contribution >= 0.6 is 0 Å². The summed E-state index contributed by atoms with van der Waals surface area (Å²) in [7, 11) is 0. The van der Waals surface area contributed by atoms with E-state index in [0.29, 0.717) is 5.78 Å². The Morgan fingerprint density at radius 2 is 1.90 bits per heavy atom. The molecule has 0 radical (unpaired) electrons. The van der Waals surface area contributed by atoms with Gasteiger partial charge >= 0.3 is 0 Å². The number of nitrogens with zero attached hydrogens (tertiary/aromatic N) is 2. The zero-order valence-electron chi connectivity index (χ0n) is 13.0. The fraction of sp³-hybridized carbons (Fsp3) is 0.706. The number of Topliss-reactive ketones (excluding diaryl/α,β-unsaturated/α-hetero) is 1. The predicted octanol–water partition coefficient (Wildman–Crippen LogP) is 3.52. The van der Waals surface area contributed by atoms with Crippen LogP contribution in [0.15, 0.2) is 12.3 Å². The Morgan fingerprint density at radius 1 is 1.15 bits per heavy atom. The van der Waals surface area contributed by atoms with Crippen LogP contribution in [0.5, 0.6) is 0 Å². The molecule has 20 heavy (non-hydrogen) atoms. The molecule has 1 aromatic rings. The van der Waals surface area contributed by atoms with Gasteiger partial charge < -0.3 is 9.47 Å². The van der Waals surface area contributed by atoms with E-state index in [1.807, 2.05) is 6.07 Å². The van der Waals surface area contributed by atoms with Crippen molar-refractivity contribution in [1.29, 1.82) is 0 Å². The van der Waals surface area contributed by atoms with Crippen molar-refractivity contribution in [2.45, 2.75) is 58.9 Å². The van der Waals surface area contributed by atoms with Crippen molar-refractivity contribution in [2.24, 2.45) is 0 Å². The topological polar surface area (TPSA) is 25.2 Å². The molecule has 0 fully saturated rings. The maximum atomic E-state index is 11.8. The molecule has 0 aliphatic heterocycles. The number of carbonyl (C=O) groups excluding carboxylic acids is 1. The molecule has 3 nitrogen and oxygen atoms in total. The second kappa shape index (κ2) is 7.63. The summed E-state index contributed by atoms with van der Waals surface area (Å²) < 4.78 is 2.31. The van der Waals surface area contributed by atoms with Crippen LogP contribution in [0.25, 0.3) is 0 Å². The molecule has 1 aliphatic rings. The Balaban J connectivity index is 1.86. The van der Waals surface area contributed by atoms with Crippen LogP contribution in [0.2, 0.25) is 0 Å². The molecule has 1 aromatic heterocycles. The first kappa shape index (κ1) is 15.3. The molecule has 2 rings (SSSR count).